The molecule has 0 saturated heterocycles. The Kier molecular flexibility index (Phi) is 4.40. The molecule has 0 aliphatic carbocycles. The Balaban J connectivity index is 2.16. The van der Waals surface area contributed by atoms with Crippen LogP contribution in [0.3, 0.4) is 0 Å². The number of nitrogens with one attached hydrogen (secondary N) is 1. The maximum absolute atomic E-state index is 5.17. The number of aromatic nitrogens is 2. The van der Waals surface area contributed by atoms with Crippen molar-refractivity contribution in [3.63, 3.8) is 0 Å². The Morgan fingerprint density at radius 2 is 1.90 bits per heavy atom. The Morgan fingerprint density at radius 3 is 2.50 bits per heavy atom. The molecule has 0 amide bonds. The van der Waals surface area contributed by atoms with Gasteiger partial charge >= 0.3 is 0 Å². The lowest BCUT2D eigenvalue weighted by Gasteiger charge is -2.21. The minimum atomic E-state index is 0.783. The summed E-state index contributed by atoms with van der Waals surface area (Å²) >= 11 is 0. The fraction of sp³-hybridized carbons (Fsp3) is 0.333. The molecule has 5 heteroatoms. The molecule has 1 N–H and O–H groups in total. The average molecular weight is 272 g/mol. The van der Waals surface area contributed by atoms with Crippen LogP contribution in [-0.2, 0) is 6.54 Å². The van der Waals surface area contributed by atoms with E-state index >= 15 is 0 Å². The van der Waals surface area contributed by atoms with E-state index in [1.807, 2.05) is 33.2 Å². The van der Waals surface area contributed by atoms with Gasteiger partial charge in [-0.15, -0.1) is 0 Å². The van der Waals surface area contributed by atoms with Crippen molar-refractivity contribution in [1.82, 2.24) is 9.97 Å². The molecule has 0 spiro atoms. The van der Waals surface area contributed by atoms with Crippen molar-refractivity contribution in [2.45, 2.75) is 13.5 Å². The van der Waals surface area contributed by atoms with Crippen molar-refractivity contribution in [2.75, 3.05) is 31.4 Å². The van der Waals surface area contributed by atoms with Crippen LogP contribution < -0.4 is 15.0 Å². The standard InChI is InChI=1S/C15H20N4O/c1-11-14(16-2)17-10-18-15(11)19(3)9-12-5-7-13(20-4)8-6-12/h5-8,10H,9H2,1-4H3,(H,16,17,18). The van der Waals surface area contributed by atoms with Gasteiger partial charge in [0.1, 0.15) is 23.7 Å². The van der Waals surface area contributed by atoms with Crippen LogP contribution in [0.2, 0.25) is 0 Å². The number of anilines is 2. The first kappa shape index (κ1) is 14.1. The highest BCUT2D eigenvalue weighted by molar-refractivity contribution is 5.57. The van der Waals surface area contributed by atoms with E-state index in [1.54, 1.807) is 13.4 Å². The quantitative estimate of drug-likeness (QED) is 0.906. The number of rotatable bonds is 5. The third kappa shape index (κ3) is 2.99. The molecule has 0 fully saturated rings. The highest BCUT2D eigenvalue weighted by atomic mass is 16.5. The zero-order valence-corrected chi connectivity index (χ0v) is 12.3. The first-order chi connectivity index (χ1) is 9.65. The average Bonchev–Trinajstić information content (AvgIpc) is 2.48. The molecule has 1 aromatic carbocycles. The van der Waals surface area contributed by atoms with Gasteiger partial charge in [-0.25, -0.2) is 9.97 Å². The van der Waals surface area contributed by atoms with Crippen LogP contribution in [0.25, 0.3) is 0 Å². The van der Waals surface area contributed by atoms with Crippen LogP contribution in [0.15, 0.2) is 30.6 Å². The summed E-state index contributed by atoms with van der Waals surface area (Å²) in [6.07, 6.45) is 1.58. The second-order valence-corrected chi connectivity index (χ2v) is 4.63. The minimum Gasteiger partial charge on any atom is -0.497 e. The monoisotopic (exact) mass is 272 g/mol. The topological polar surface area (TPSA) is 50.3 Å². The van der Waals surface area contributed by atoms with Gasteiger partial charge in [-0.3, -0.25) is 0 Å². The van der Waals surface area contributed by atoms with Gasteiger partial charge < -0.3 is 15.0 Å². The highest BCUT2D eigenvalue weighted by Crippen LogP contribution is 2.22. The first-order valence-electron chi connectivity index (χ1n) is 6.49. The van der Waals surface area contributed by atoms with Crippen LogP contribution >= 0.6 is 0 Å². The van der Waals surface area contributed by atoms with E-state index in [9.17, 15) is 0 Å². The number of nitrogens with zero attached hydrogens (tertiary/aromatic N) is 3. The molecule has 0 bridgehead atoms. The molecule has 1 heterocycles. The van der Waals surface area contributed by atoms with Crippen LogP contribution in [0.4, 0.5) is 11.6 Å². The maximum Gasteiger partial charge on any atom is 0.137 e. The van der Waals surface area contributed by atoms with Crippen molar-refractivity contribution in [1.29, 1.82) is 0 Å². The number of methoxy groups -OCH3 is 1. The third-order valence-corrected chi connectivity index (χ3v) is 3.23. The summed E-state index contributed by atoms with van der Waals surface area (Å²) in [7, 11) is 5.56. The molecule has 20 heavy (non-hydrogen) atoms. The number of hydrogen-bond acceptors (Lipinski definition) is 5. The molecule has 2 rings (SSSR count). The molecule has 0 saturated carbocycles. The van der Waals surface area contributed by atoms with E-state index in [0.29, 0.717) is 0 Å². The van der Waals surface area contributed by atoms with Gasteiger partial charge in [0.15, 0.2) is 0 Å². The Hall–Kier alpha value is -2.30. The second kappa shape index (κ2) is 6.23. The highest BCUT2D eigenvalue weighted by Gasteiger charge is 2.10. The van der Waals surface area contributed by atoms with Gasteiger partial charge in [0.25, 0.3) is 0 Å². The summed E-state index contributed by atoms with van der Waals surface area (Å²) < 4.78 is 5.17. The lowest BCUT2D eigenvalue weighted by Crippen LogP contribution is -2.19. The summed E-state index contributed by atoms with van der Waals surface area (Å²) in [6, 6.07) is 8.06. The van der Waals surface area contributed by atoms with Crippen LogP contribution in [0.5, 0.6) is 5.75 Å². The van der Waals surface area contributed by atoms with E-state index in [4.69, 9.17) is 4.74 Å². The van der Waals surface area contributed by atoms with Gasteiger partial charge in [0.2, 0.25) is 0 Å². The van der Waals surface area contributed by atoms with E-state index in [1.165, 1.54) is 5.56 Å². The molecule has 5 nitrogen and oxygen atoms in total. The van der Waals surface area contributed by atoms with Crippen molar-refractivity contribution in [3.05, 3.63) is 41.7 Å². The predicted octanol–water partition coefficient (Wildman–Crippen LogP) is 2.47. The summed E-state index contributed by atoms with van der Waals surface area (Å²) in [4.78, 5) is 10.7. The molecule has 0 aliphatic rings. The molecule has 0 radical (unpaired) electrons. The minimum absolute atomic E-state index is 0.783. The predicted molar refractivity (Wildman–Crippen MR) is 81.4 cm³/mol. The van der Waals surface area contributed by atoms with Gasteiger partial charge in [-0.2, -0.15) is 0 Å². The molecule has 0 unspecified atom stereocenters. The van der Waals surface area contributed by atoms with Gasteiger partial charge in [-0.05, 0) is 24.6 Å². The Bertz CT molecular complexity index is 569. The fourth-order valence-corrected chi connectivity index (χ4v) is 2.16. The summed E-state index contributed by atoms with van der Waals surface area (Å²) in [6.45, 7) is 2.80. The number of ether oxygens (including phenoxy) is 1. The zero-order chi connectivity index (χ0) is 14.5. The maximum atomic E-state index is 5.17. The van der Waals surface area contributed by atoms with Crippen molar-refractivity contribution < 1.29 is 4.74 Å². The Labute approximate surface area is 119 Å². The van der Waals surface area contributed by atoms with Gasteiger partial charge in [0.05, 0.1) is 7.11 Å². The van der Waals surface area contributed by atoms with Crippen molar-refractivity contribution >= 4 is 11.6 Å². The van der Waals surface area contributed by atoms with Crippen LogP contribution in [-0.4, -0.2) is 31.2 Å². The van der Waals surface area contributed by atoms with Crippen molar-refractivity contribution in [2.24, 2.45) is 0 Å². The van der Waals surface area contributed by atoms with E-state index in [0.717, 1.165) is 29.5 Å². The fourth-order valence-electron chi connectivity index (χ4n) is 2.16. The SMILES string of the molecule is CNc1ncnc(N(C)Cc2ccc(OC)cc2)c1C. The van der Waals surface area contributed by atoms with E-state index < -0.39 is 0 Å². The lowest BCUT2D eigenvalue weighted by atomic mass is 10.2. The second-order valence-electron chi connectivity index (χ2n) is 4.63. The number of benzene rings is 1. The normalized spacial score (nSPS) is 10.2. The molecule has 0 aliphatic heterocycles. The molecule has 106 valence electrons. The van der Waals surface area contributed by atoms with Crippen molar-refractivity contribution in [3.8, 4) is 5.75 Å². The molecule has 0 atom stereocenters. The third-order valence-electron chi connectivity index (χ3n) is 3.23. The molecular weight excluding hydrogens is 252 g/mol. The van der Waals surface area contributed by atoms with Gasteiger partial charge in [-0.1, -0.05) is 12.1 Å². The molecule has 2 aromatic rings. The summed E-state index contributed by atoms with van der Waals surface area (Å²) in [5.41, 5.74) is 2.25. The zero-order valence-electron chi connectivity index (χ0n) is 12.3. The Morgan fingerprint density at radius 1 is 1.20 bits per heavy atom. The van der Waals surface area contributed by atoms with Crippen LogP contribution in [0, 0.1) is 6.92 Å². The van der Waals surface area contributed by atoms with E-state index in [-0.39, 0.29) is 0 Å². The summed E-state index contributed by atoms with van der Waals surface area (Å²) in [5.74, 6) is 2.66. The summed E-state index contributed by atoms with van der Waals surface area (Å²) in [5, 5.41) is 3.08. The molecular formula is C15H20N4O. The largest absolute Gasteiger partial charge is 0.497 e. The van der Waals surface area contributed by atoms with Gasteiger partial charge in [0, 0.05) is 26.2 Å². The van der Waals surface area contributed by atoms with E-state index in [2.05, 4.69) is 32.3 Å². The van der Waals surface area contributed by atoms with Crippen LogP contribution in [0.1, 0.15) is 11.1 Å². The smallest absolute Gasteiger partial charge is 0.137 e. The first-order valence-corrected chi connectivity index (χ1v) is 6.49. The lowest BCUT2D eigenvalue weighted by molar-refractivity contribution is 0.414. The molecule has 1 aromatic heterocycles. The number of hydrogen-bond donors (Lipinski definition) is 1.